The number of rotatable bonds is 7. The molecule has 0 aliphatic carbocycles. The van der Waals surface area contributed by atoms with E-state index >= 15 is 0 Å². The molecular formula is C5H15O6Si2. The van der Waals surface area contributed by atoms with Gasteiger partial charge in [-0.3, -0.25) is 0 Å². The second-order valence-corrected chi connectivity index (χ2v) is 6.23. The molecular weight excluding hydrogens is 212 g/mol. The second-order valence-electron chi connectivity index (χ2n) is 1.87. The molecule has 0 bridgehead atoms. The van der Waals surface area contributed by atoms with Crippen LogP contribution in [-0.2, 0) is 26.2 Å². The van der Waals surface area contributed by atoms with Gasteiger partial charge in [0.15, 0.2) is 0 Å². The normalized spacial score (nSPS) is 12.5. The summed E-state index contributed by atoms with van der Waals surface area (Å²) in [7, 11) is 2.46. The van der Waals surface area contributed by atoms with E-state index < -0.39 is 18.6 Å². The van der Waals surface area contributed by atoms with Gasteiger partial charge in [-0.1, -0.05) is 0 Å². The summed E-state index contributed by atoms with van der Waals surface area (Å²) < 4.78 is 30.2. The molecule has 0 rings (SSSR count). The Morgan fingerprint density at radius 3 is 1.38 bits per heavy atom. The van der Waals surface area contributed by atoms with Crippen LogP contribution in [-0.4, -0.2) is 54.1 Å². The topological polar surface area (TPSA) is 55.4 Å². The Morgan fingerprint density at radius 1 is 0.769 bits per heavy atom. The minimum atomic E-state index is -3.03. The Morgan fingerprint density at radius 2 is 1.15 bits per heavy atom. The van der Waals surface area contributed by atoms with Crippen LogP contribution < -0.4 is 0 Å². The first-order chi connectivity index (χ1) is 6.17. The van der Waals surface area contributed by atoms with Gasteiger partial charge >= 0.3 is 18.6 Å². The summed E-state index contributed by atoms with van der Waals surface area (Å²) in [5, 5.41) is 0. The lowest BCUT2D eigenvalue weighted by Gasteiger charge is -2.24. The van der Waals surface area contributed by atoms with Crippen LogP contribution in [0.15, 0.2) is 0 Å². The fourth-order valence-corrected chi connectivity index (χ4v) is 3.79. The highest BCUT2D eigenvalue weighted by Gasteiger charge is 2.46. The van der Waals surface area contributed by atoms with Crippen LogP contribution in [0.3, 0.4) is 0 Å². The van der Waals surface area contributed by atoms with E-state index in [1.165, 1.54) is 35.5 Å². The van der Waals surface area contributed by atoms with Gasteiger partial charge in [0.05, 0.1) is 0 Å². The van der Waals surface area contributed by atoms with Crippen LogP contribution in [0.2, 0.25) is 0 Å². The molecule has 0 amide bonds. The van der Waals surface area contributed by atoms with E-state index in [-0.39, 0.29) is 0 Å². The third kappa shape index (κ3) is 3.83. The Hall–Kier alpha value is 0.194. The third-order valence-corrected chi connectivity index (χ3v) is 5.13. The maximum atomic E-state index is 5.31. The Kier molecular flexibility index (Phi) is 6.72. The van der Waals surface area contributed by atoms with Crippen LogP contribution >= 0.6 is 0 Å². The molecule has 0 heterocycles. The lowest BCUT2D eigenvalue weighted by Crippen LogP contribution is -2.51. The number of hydrogen-bond acceptors (Lipinski definition) is 6. The average Bonchev–Trinajstić information content (AvgIpc) is 2.21. The minimum absolute atomic E-state index is 1.45. The molecule has 0 saturated carbocycles. The molecule has 0 atom stereocenters. The van der Waals surface area contributed by atoms with E-state index in [1.807, 2.05) is 0 Å². The average molecular weight is 227 g/mol. The fraction of sp³-hybridized carbons (Fsp3) is 1.00. The van der Waals surface area contributed by atoms with Gasteiger partial charge < -0.3 is 26.2 Å². The highest BCUT2D eigenvalue weighted by atomic mass is 28.5. The molecule has 79 valence electrons. The maximum absolute atomic E-state index is 5.31. The zero-order valence-electron chi connectivity index (χ0n) is 8.45. The van der Waals surface area contributed by atoms with Crippen molar-refractivity contribution < 1.29 is 26.2 Å². The first-order valence-electron chi connectivity index (χ1n) is 3.47. The predicted octanol–water partition coefficient (Wildman–Crippen LogP) is -0.345. The van der Waals surface area contributed by atoms with Crippen molar-refractivity contribution in [1.82, 2.24) is 0 Å². The second kappa shape index (κ2) is 6.62. The van der Waals surface area contributed by atoms with E-state index in [0.29, 0.717) is 0 Å². The molecule has 6 nitrogen and oxygen atoms in total. The summed E-state index contributed by atoms with van der Waals surface area (Å²) in [6, 6.07) is 0. The van der Waals surface area contributed by atoms with E-state index in [4.69, 9.17) is 26.2 Å². The quantitative estimate of drug-likeness (QED) is 0.554. The summed E-state index contributed by atoms with van der Waals surface area (Å²) in [5.74, 6) is 0. The lowest BCUT2D eigenvalue weighted by molar-refractivity contribution is 0.0260. The molecule has 0 spiro atoms. The van der Waals surface area contributed by atoms with Crippen molar-refractivity contribution in [3.05, 3.63) is 0 Å². The van der Waals surface area contributed by atoms with Gasteiger partial charge in [0, 0.05) is 35.5 Å². The molecule has 1 radical (unpaired) electrons. The number of hydrogen-bond donors (Lipinski definition) is 0. The van der Waals surface area contributed by atoms with E-state index in [0.717, 1.165) is 0 Å². The molecule has 13 heavy (non-hydrogen) atoms. The van der Waals surface area contributed by atoms with Crippen LogP contribution in [0.1, 0.15) is 0 Å². The zero-order chi connectivity index (χ0) is 10.3. The van der Waals surface area contributed by atoms with Crippen molar-refractivity contribution in [1.29, 1.82) is 0 Å². The van der Waals surface area contributed by atoms with Gasteiger partial charge in [-0.2, -0.15) is 0 Å². The molecule has 0 fully saturated rings. The maximum Gasteiger partial charge on any atom is 0.671 e. The molecule has 0 aliphatic rings. The third-order valence-electron chi connectivity index (χ3n) is 1.29. The van der Waals surface area contributed by atoms with Crippen LogP contribution in [0.25, 0.3) is 0 Å². The van der Waals surface area contributed by atoms with E-state index in [2.05, 4.69) is 0 Å². The van der Waals surface area contributed by atoms with E-state index in [1.54, 1.807) is 0 Å². The fourth-order valence-electron chi connectivity index (χ4n) is 0.644. The van der Waals surface area contributed by atoms with Crippen LogP contribution in [0, 0.1) is 0 Å². The van der Waals surface area contributed by atoms with Gasteiger partial charge in [-0.05, 0) is 0 Å². The standard InChI is InChI=1S/C5H15O6Si2/c1-6-12(7-2)11-13(8-3,9-4)10-5/h1-5H3. The SMILES string of the molecule is CO[Si](OC)O[Si](OC)(OC)OC. The van der Waals surface area contributed by atoms with Gasteiger partial charge in [0.2, 0.25) is 0 Å². The molecule has 0 N–H and O–H groups in total. The van der Waals surface area contributed by atoms with Crippen LogP contribution in [0.5, 0.6) is 0 Å². The first kappa shape index (κ1) is 13.2. The van der Waals surface area contributed by atoms with Crippen molar-refractivity contribution in [3.8, 4) is 0 Å². The molecule has 0 aromatic carbocycles. The van der Waals surface area contributed by atoms with Crippen molar-refractivity contribution in [3.63, 3.8) is 0 Å². The van der Waals surface area contributed by atoms with Crippen molar-refractivity contribution in [2.45, 2.75) is 0 Å². The smallest absolute Gasteiger partial charge is 0.375 e. The predicted molar refractivity (Wildman–Crippen MR) is 47.6 cm³/mol. The molecule has 0 aromatic heterocycles. The Bertz CT molecular complexity index is 118. The summed E-state index contributed by atoms with van der Waals surface area (Å²) in [5.41, 5.74) is 0. The Balaban J connectivity index is 4.21. The van der Waals surface area contributed by atoms with Gasteiger partial charge in [-0.15, -0.1) is 0 Å². The molecule has 8 heteroatoms. The van der Waals surface area contributed by atoms with Gasteiger partial charge in [0.1, 0.15) is 0 Å². The minimum Gasteiger partial charge on any atom is -0.375 e. The van der Waals surface area contributed by atoms with Gasteiger partial charge in [-0.25, -0.2) is 0 Å². The van der Waals surface area contributed by atoms with E-state index in [9.17, 15) is 0 Å². The van der Waals surface area contributed by atoms with Crippen molar-refractivity contribution in [2.75, 3.05) is 35.5 Å². The lowest BCUT2D eigenvalue weighted by atomic mass is 11.8. The van der Waals surface area contributed by atoms with Crippen molar-refractivity contribution >= 4 is 18.6 Å². The summed E-state index contributed by atoms with van der Waals surface area (Å²) in [4.78, 5) is 0. The first-order valence-corrected chi connectivity index (χ1v) is 6.33. The molecule has 0 saturated heterocycles. The molecule has 0 aliphatic heterocycles. The molecule has 0 aromatic rings. The van der Waals surface area contributed by atoms with Crippen molar-refractivity contribution in [2.24, 2.45) is 0 Å². The Labute approximate surface area is 81.1 Å². The zero-order valence-corrected chi connectivity index (χ0v) is 10.4. The molecule has 0 unspecified atom stereocenters. The summed E-state index contributed by atoms with van der Waals surface area (Å²) in [6.45, 7) is 0. The highest BCUT2D eigenvalue weighted by molar-refractivity contribution is 6.62. The summed E-state index contributed by atoms with van der Waals surface area (Å²) in [6.07, 6.45) is 0. The van der Waals surface area contributed by atoms with Crippen LogP contribution in [0.4, 0.5) is 0 Å². The highest BCUT2D eigenvalue weighted by Crippen LogP contribution is 2.09. The summed E-state index contributed by atoms with van der Waals surface area (Å²) >= 11 is 0. The largest absolute Gasteiger partial charge is 0.671 e. The monoisotopic (exact) mass is 227 g/mol. The van der Waals surface area contributed by atoms with Gasteiger partial charge in [0.25, 0.3) is 0 Å².